The van der Waals surface area contributed by atoms with Crippen molar-refractivity contribution in [2.75, 3.05) is 49.7 Å². The lowest BCUT2D eigenvalue weighted by Crippen LogP contribution is -2.36. The number of carbonyl (C=O) groups excluding carboxylic acids is 1. The highest BCUT2D eigenvalue weighted by molar-refractivity contribution is 7.14. The van der Waals surface area contributed by atoms with Crippen LogP contribution >= 0.6 is 11.3 Å². The molecule has 2 aliphatic rings. The average molecular weight is 402 g/mol. The van der Waals surface area contributed by atoms with Crippen molar-refractivity contribution in [1.29, 1.82) is 0 Å². The molecule has 150 valence electrons. The lowest BCUT2D eigenvalue weighted by molar-refractivity contribution is 0.102. The van der Waals surface area contributed by atoms with E-state index in [2.05, 4.69) is 20.6 Å². The molecule has 6 nitrogen and oxygen atoms in total. The summed E-state index contributed by atoms with van der Waals surface area (Å²) in [5.74, 6) is 0.311. The lowest BCUT2D eigenvalue weighted by atomic mass is 9.95. The van der Waals surface area contributed by atoms with Gasteiger partial charge in [-0.05, 0) is 43.5 Å². The first-order chi connectivity index (χ1) is 13.8. The van der Waals surface area contributed by atoms with Crippen LogP contribution in [0.25, 0.3) is 0 Å². The van der Waals surface area contributed by atoms with Gasteiger partial charge in [0.05, 0.1) is 18.9 Å². The summed E-state index contributed by atoms with van der Waals surface area (Å²) in [6, 6.07) is 7.76. The second kappa shape index (κ2) is 9.49. The molecule has 1 aromatic heterocycles. The van der Waals surface area contributed by atoms with E-state index in [-0.39, 0.29) is 5.91 Å². The monoisotopic (exact) mass is 401 g/mol. The Balaban J connectivity index is 1.36. The number of aromatic nitrogens is 1. The number of hydrogen-bond acceptors (Lipinski definition) is 6. The number of amides is 1. The summed E-state index contributed by atoms with van der Waals surface area (Å²) in [4.78, 5) is 19.5. The third-order valence-corrected chi connectivity index (χ3v) is 6.14. The molecule has 0 bridgehead atoms. The van der Waals surface area contributed by atoms with E-state index in [9.17, 15) is 4.79 Å². The van der Waals surface area contributed by atoms with Crippen molar-refractivity contribution in [2.45, 2.75) is 31.6 Å². The molecule has 2 fully saturated rings. The average Bonchev–Trinajstić information content (AvgIpc) is 3.17. The molecular weight excluding hydrogens is 374 g/mol. The topological polar surface area (TPSA) is 63.7 Å². The van der Waals surface area contributed by atoms with Gasteiger partial charge in [-0.15, -0.1) is 11.3 Å². The van der Waals surface area contributed by atoms with Gasteiger partial charge in [-0.1, -0.05) is 6.42 Å². The SMILES string of the molecule is O=C(Nc1nc(C2CCCCOCC2)cs1)c1ccc(N2CCOCC2)cc1. The van der Waals surface area contributed by atoms with Gasteiger partial charge in [0.15, 0.2) is 5.13 Å². The van der Waals surface area contributed by atoms with Crippen LogP contribution in [0.1, 0.15) is 47.7 Å². The largest absolute Gasteiger partial charge is 0.381 e. The molecule has 1 N–H and O–H groups in total. The van der Waals surface area contributed by atoms with Crippen molar-refractivity contribution in [1.82, 2.24) is 4.98 Å². The second-order valence-electron chi connectivity index (χ2n) is 7.27. The van der Waals surface area contributed by atoms with Gasteiger partial charge >= 0.3 is 0 Å². The van der Waals surface area contributed by atoms with Crippen molar-refractivity contribution in [3.8, 4) is 0 Å². The number of nitrogens with zero attached hydrogens (tertiary/aromatic N) is 2. The molecule has 2 aromatic rings. The highest BCUT2D eigenvalue weighted by Gasteiger charge is 2.18. The Bertz CT molecular complexity index is 763. The van der Waals surface area contributed by atoms with E-state index < -0.39 is 0 Å². The first-order valence-corrected chi connectivity index (χ1v) is 10.9. The maximum Gasteiger partial charge on any atom is 0.257 e. The molecule has 1 atom stereocenters. The highest BCUT2D eigenvalue weighted by Crippen LogP contribution is 2.30. The van der Waals surface area contributed by atoms with Crippen molar-refractivity contribution >= 4 is 28.1 Å². The molecular formula is C21H27N3O3S. The molecule has 0 spiro atoms. The highest BCUT2D eigenvalue weighted by atomic mass is 32.1. The maximum atomic E-state index is 12.6. The smallest absolute Gasteiger partial charge is 0.257 e. The van der Waals surface area contributed by atoms with Gasteiger partial charge < -0.3 is 14.4 Å². The van der Waals surface area contributed by atoms with Gasteiger partial charge in [0, 0.05) is 48.9 Å². The predicted octanol–water partition coefficient (Wildman–Crippen LogP) is 3.91. The number of benzene rings is 1. The standard InChI is InChI=1S/C21H27N3O3S/c25-20(17-4-6-18(7-5-17)24-9-13-27-14-10-24)23-21-22-19(15-28-21)16-3-1-2-11-26-12-8-16/h4-7,15-16H,1-3,8-14H2,(H,22,23,25). The van der Waals surface area contributed by atoms with E-state index in [1.165, 1.54) is 17.8 Å². The number of morpholine rings is 1. The van der Waals surface area contributed by atoms with E-state index in [0.717, 1.165) is 70.2 Å². The first kappa shape index (κ1) is 19.4. The van der Waals surface area contributed by atoms with Gasteiger partial charge in [-0.25, -0.2) is 4.98 Å². The van der Waals surface area contributed by atoms with Crippen LogP contribution in [-0.4, -0.2) is 50.4 Å². The van der Waals surface area contributed by atoms with E-state index in [4.69, 9.17) is 9.47 Å². The summed E-state index contributed by atoms with van der Waals surface area (Å²) in [6.45, 7) is 4.94. The Morgan fingerprint density at radius 2 is 1.82 bits per heavy atom. The Hall–Kier alpha value is -1.96. The summed E-state index contributed by atoms with van der Waals surface area (Å²) in [5, 5.41) is 5.69. The van der Waals surface area contributed by atoms with Gasteiger partial charge in [-0.2, -0.15) is 0 Å². The van der Waals surface area contributed by atoms with Crippen LogP contribution in [-0.2, 0) is 9.47 Å². The number of anilines is 2. The predicted molar refractivity (Wildman–Crippen MR) is 112 cm³/mol. The third kappa shape index (κ3) is 4.90. The maximum absolute atomic E-state index is 12.6. The molecule has 0 saturated carbocycles. The van der Waals surface area contributed by atoms with Crippen LogP contribution in [0.15, 0.2) is 29.6 Å². The van der Waals surface area contributed by atoms with Crippen molar-refractivity contribution in [3.63, 3.8) is 0 Å². The van der Waals surface area contributed by atoms with Crippen LogP contribution in [0.2, 0.25) is 0 Å². The zero-order valence-electron chi connectivity index (χ0n) is 16.1. The van der Waals surface area contributed by atoms with E-state index >= 15 is 0 Å². The minimum absolute atomic E-state index is 0.115. The van der Waals surface area contributed by atoms with Crippen LogP contribution in [0.5, 0.6) is 0 Å². The molecule has 4 rings (SSSR count). The molecule has 2 saturated heterocycles. The van der Waals surface area contributed by atoms with Crippen LogP contribution < -0.4 is 10.2 Å². The van der Waals surface area contributed by atoms with Gasteiger partial charge in [0.25, 0.3) is 5.91 Å². The molecule has 28 heavy (non-hydrogen) atoms. The quantitative estimate of drug-likeness (QED) is 0.842. The minimum atomic E-state index is -0.115. The summed E-state index contributed by atoms with van der Waals surface area (Å²) >= 11 is 1.50. The fourth-order valence-electron chi connectivity index (χ4n) is 3.71. The Labute approximate surface area is 169 Å². The summed E-state index contributed by atoms with van der Waals surface area (Å²) in [6.07, 6.45) is 4.42. The molecule has 7 heteroatoms. The molecule has 1 aromatic carbocycles. The lowest BCUT2D eigenvalue weighted by Gasteiger charge is -2.28. The minimum Gasteiger partial charge on any atom is -0.381 e. The Morgan fingerprint density at radius 3 is 2.64 bits per heavy atom. The molecule has 0 aliphatic carbocycles. The first-order valence-electron chi connectivity index (χ1n) is 10.1. The van der Waals surface area contributed by atoms with E-state index in [0.29, 0.717) is 16.6 Å². The Kier molecular flexibility index (Phi) is 6.57. The fraction of sp³-hybridized carbons (Fsp3) is 0.524. The number of nitrogens with one attached hydrogen (secondary N) is 1. The molecule has 2 aliphatic heterocycles. The summed E-state index contributed by atoms with van der Waals surface area (Å²) < 4.78 is 11.0. The number of thiazole rings is 1. The third-order valence-electron chi connectivity index (χ3n) is 5.37. The van der Waals surface area contributed by atoms with Crippen molar-refractivity contribution in [2.24, 2.45) is 0 Å². The van der Waals surface area contributed by atoms with Crippen molar-refractivity contribution in [3.05, 3.63) is 40.9 Å². The van der Waals surface area contributed by atoms with Crippen LogP contribution in [0.3, 0.4) is 0 Å². The van der Waals surface area contributed by atoms with Gasteiger partial charge in [0.2, 0.25) is 0 Å². The zero-order valence-corrected chi connectivity index (χ0v) is 16.9. The van der Waals surface area contributed by atoms with E-state index in [1.807, 2.05) is 24.3 Å². The molecule has 0 radical (unpaired) electrons. The summed E-state index contributed by atoms with van der Waals surface area (Å²) in [7, 11) is 0. The molecule has 1 unspecified atom stereocenters. The molecule has 3 heterocycles. The van der Waals surface area contributed by atoms with Crippen molar-refractivity contribution < 1.29 is 14.3 Å². The second-order valence-corrected chi connectivity index (χ2v) is 8.13. The van der Waals surface area contributed by atoms with Gasteiger partial charge in [0.1, 0.15) is 0 Å². The molecule has 1 amide bonds. The van der Waals surface area contributed by atoms with Gasteiger partial charge in [-0.3, -0.25) is 10.1 Å². The number of rotatable bonds is 4. The zero-order chi connectivity index (χ0) is 19.2. The van der Waals surface area contributed by atoms with E-state index in [1.54, 1.807) is 0 Å². The fourth-order valence-corrected chi connectivity index (χ4v) is 4.50. The Morgan fingerprint density at radius 1 is 1.04 bits per heavy atom. The number of ether oxygens (including phenoxy) is 2. The van der Waals surface area contributed by atoms with Crippen LogP contribution in [0.4, 0.5) is 10.8 Å². The number of hydrogen-bond donors (Lipinski definition) is 1. The van der Waals surface area contributed by atoms with Crippen LogP contribution in [0, 0.1) is 0 Å². The normalized spacial score (nSPS) is 21.0. The summed E-state index contributed by atoms with van der Waals surface area (Å²) in [5.41, 5.74) is 2.85. The number of carbonyl (C=O) groups is 1.